The monoisotopic (exact) mass is 648 g/mol. The van der Waals surface area contributed by atoms with Crippen LogP contribution in [0.5, 0.6) is 0 Å². The summed E-state index contributed by atoms with van der Waals surface area (Å²) in [4.78, 5) is 0. The molecule has 232 valence electrons. The fourth-order valence-corrected chi connectivity index (χ4v) is 5.03. The van der Waals surface area contributed by atoms with E-state index in [4.69, 9.17) is 0 Å². The molecule has 0 heteroatoms. The van der Waals surface area contributed by atoms with Crippen molar-refractivity contribution in [3.05, 3.63) is 212 Å². The molecule has 52 heavy (non-hydrogen) atoms. The summed E-state index contributed by atoms with van der Waals surface area (Å²) < 4.78 is 0. The Balaban J connectivity index is 1.27. The van der Waals surface area contributed by atoms with E-state index in [0.29, 0.717) is 0 Å². The molecule has 0 heterocycles. The predicted octanol–water partition coefficient (Wildman–Crippen LogP) is 8.41. The minimum absolute atomic E-state index is 0.816. The Morgan fingerprint density at radius 3 is 0.538 bits per heavy atom. The first-order valence-electron chi connectivity index (χ1n) is 16.5. The molecule has 0 spiro atoms. The summed E-state index contributed by atoms with van der Waals surface area (Å²) in [7, 11) is 0. The van der Waals surface area contributed by atoms with Crippen LogP contribution in [0.1, 0.15) is 66.8 Å². The molecule has 6 aromatic carbocycles. The van der Waals surface area contributed by atoms with E-state index in [1.54, 1.807) is 0 Å². The van der Waals surface area contributed by atoms with Crippen LogP contribution < -0.4 is 0 Å². The summed E-state index contributed by atoms with van der Waals surface area (Å²) in [6, 6.07) is 47.1. The van der Waals surface area contributed by atoms with Crippen LogP contribution in [0.4, 0.5) is 0 Å². The SMILES string of the molecule is C1#Cc2ccccc2C#Cc2ccc(cc2)C#Cc2ccccc2C#CC#Cc2ccccc2C#Cc2ccc(cc2)C#Cc2ccccc2C#C1. The summed E-state index contributed by atoms with van der Waals surface area (Å²) in [5, 5.41) is 0. The third-order valence-corrected chi connectivity index (χ3v) is 7.76. The van der Waals surface area contributed by atoms with Crippen LogP contribution in [0.2, 0.25) is 0 Å². The second-order valence-corrected chi connectivity index (χ2v) is 11.3. The molecule has 6 aromatic rings. The van der Waals surface area contributed by atoms with Gasteiger partial charge in [0.05, 0.1) is 0 Å². The summed E-state index contributed by atoms with van der Waals surface area (Å²) in [6.45, 7) is 0. The molecular weight excluding hydrogens is 625 g/mol. The van der Waals surface area contributed by atoms with Gasteiger partial charge in [-0.2, -0.15) is 0 Å². The van der Waals surface area contributed by atoms with Gasteiger partial charge in [-0.15, -0.1) is 0 Å². The van der Waals surface area contributed by atoms with Crippen LogP contribution >= 0.6 is 0 Å². The summed E-state index contributed by atoms with van der Waals surface area (Å²) in [5.74, 6) is 50.8. The van der Waals surface area contributed by atoms with Crippen molar-refractivity contribution in [2.24, 2.45) is 0 Å². The van der Waals surface area contributed by atoms with Gasteiger partial charge in [0.1, 0.15) is 0 Å². The first-order chi connectivity index (χ1) is 25.8. The molecule has 10 rings (SSSR count). The van der Waals surface area contributed by atoms with Crippen molar-refractivity contribution >= 4 is 0 Å². The average molecular weight is 649 g/mol. The van der Waals surface area contributed by atoms with Crippen LogP contribution in [0.25, 0.3) is 0 Å². The van der Waals surface area contributed by atoms with Crippen LogP contribution in [0.15, 0.2) is 146 Å². The normalized spacial score (nSPS) is 10.3. The molecule has 0 N–H and O–H groups in total. The van der Waals surface area contributed by atoms with Gasteiger partial charge in [0.2, 0.25) is 0 Å². The van der Waals surface area contributed by atoms with Crippen molar-refractivity contribution < 1.29 is 0 Å². The molecule has 4 bridgehead atoms. The maximum Gasteiger partial charge on any atom is 0.0412 e. The highest BCUT2D eigenvalue weighted by atomic mass is 14.0. The largest absolute Gasteiger partial charge is 0.0616 e. The fraction of sp³-hybridized carbons (Fsp3) is 0. The van der Waals surface area contributed by atoms with E-state index in [0.717, 1.165) is 66.8 Å². The molecule has 0 saturated carbocycles. The topological polar surface area (TPSA) is 0 Å². The minimum Gasteiger partial charge on any atom is -0.0616 e. The van der Waals surface area contributed by atoms with Crippen molar-refractivity contribution in [3.8, 4) is 94.7 Å². The van der Waals surface area contributed by atoms with Gasteiger partial charge in [0, 0.05) is 66.8 Å². The van der Waals surface area contributed by atoms with Crippen molar-refractivity contribution in [1.82, 2.24) is 0 Å². The number of rotatable bonds is 0. The molecule has 0 unspecified atom stereocenters. The minimum atomic E-state index is 0.816. The average Bonchev–Trinajstić information content (AvgIpc) is 3.20. The predicted molar refractivity (Wildman–Crippen MR) is 210 cm³/mol. The highest BCUT2D eigenvalue weighted by molar-refractivity contribution is 5.59. The number of hydrogen-bond donors (Lipinski definition) is 0. The molecule has 0 atom stereocenters. The van der Waals surface area contributed by atoms with E-state index in [1.807, 2.05) is 146 Å². The van der Waals surface area contributed by atoms with Crippen molar-refractivity contribution in [2.75, 3.05) is 0 Å². The Kier molecular flexibility index (Phi) is 10.1. The Morgan fingerprint density at radius 2 is 0.346 bits per heavy atom. The number of benzene rings is 6. The number of hydrogen-bond acceptors (Lipinski definition) is 0. The lowest BCUT2D eigenvalue weighted by molar-refractivity contribution is 1.56. The Hall–Kier alpha value is -8.20. The third kappa shape index (κ3) is 8.63. The van der Waals surface area contributed by atoms with Gasteiger partial charge in [-0.1, -0.05) is 120 Å². The zero-order chi connectivity index (χ0) is 35.2. The van der Waals surface area contributed by atoms with E-state index in [9.17, 15) is 0 Å². The zero-order valence-electron chi connectivity index (χ0n) is 27.9. The summed E-state index contributed by atoms with van der Waals surface area (Å²) in [5.41, 5.74) is 10.1. The lowest BCUT2D eigenvalue weighted by Crippen LogP contribution is -1.85. The molecular formula is C52H24. The molecule has 0 radical (unpaired) electrons. The summed E-state index contributed by atoms with van der Waals surface area (Å²) in [6.07, 6.45) is 0. The molecule has 0 fully saturated rings. The second-order valence-electron chi connectivity index (χ2n) is 11.3. The van der Waals surface area contributed by atoms with Crippen molar-refractivity contribution in [2.45, 2.75) is 0 Å². The van der Waals surface area contributed by atoms with Gasteiger partial charge in [0.25, 0.3) is 0 Å². The molecule has 4 aliphatic carbocycles. The fourth-order valence-electron chi connectivity index (χ4n) is 5.03. The van der Waals surface area contributed by atoms with Crippen LogP contribution in [-0.4, -0.2) is 0 Å². The molecule has 0 nitrogen and oxygen atoms in total. The van der Waals surface area contributed by atoms with E-state index in [2.05, 4.69) is 94.7 Å². The van der Waals surface area contributed by atoms with Gasteiger partial charge in [-0.25, -0.2) is 0 Å². The second kappa shape index (κ2) is 16.3. The Morgan fingerprint density at radius 1 is 0.173 bits per heavy atom. The van der Waals surface area contributed by atoms with Gasteiger partial charge < -0.3 is 0 Å². The zero-order valence-corrected chi connectivity index (χ0v) is 27.9. The van der Waals surface area contributed by atoms with Gasteiger partial charge in [-0.3, -0.25) is 0 Å². The molecule has 0 aliphatic heterocycles. The lowest BCUT2D eigenvalue weighted by atomic mass is 10.1. The first-order valence-corrected chi connectivity index (χ1v) is 16.5. The quantitative estimate of drug-likeness (QED) is 0.145. The molecule has 4 aliphatic rings. The standard InChI is InChI=1S/C52H24/c1-2-14-46-18-6-10-22-50(46)38-34-42-29-31-44(32-30-42)36-40-52-24-12-8-20-48(52)16-4-3-15-47-19-7-11-23-51(47)39-35-43-27-25-41(26-28-43)33-37-49-21-9-5-17-45(49)13-1/h5-12,17-32H. The van der Waals surface area contributed by atoms with Crippen LogP contribution in [0.3, 0.4) is 0 Å². The van der Waals surface area contributed by atoms with Gasteiger partial charge in [0.15, 0.2) is 0 Å². The molecule has 0 amide bonds. The van der Waals surface area contributed by atoms with Crippen LogP contribution in [-0.2, 0) is 0 Å². The highest BCUT2D eigenvalue weighted by Crippen LogP contribution is 2.11. The Bertz CT molecular complexity index is 2450. The van der Waals surface area contributed by atoms with Gasteiger partial charge >= 0.3 is 0 Å². The highest BCUT2D eigenvalue weighted by Gasteiger charge is 1.99. The van der Waals surface area contributed by atoms with Crippen molar-refractivity contribution in [1.29, 1.82) is 0 Å². The maximum atomic E-state index is 3.27. The summed E-state index contributed by atoms with van der Waals surface area (Å²) >= 11 is 0. The van der Waals surface area contributed by atoms with Crippen molar-refractivity contribution in [3.63, 3.8) is 0 Å². The first kappa shape index (κ1) is 32.4. The van der Waals surface area contributed by atoms with E-state index in [1.165, 1.54) is 0 Å². The van der Waals surface area contributed by atoms with E-state index < -0.39 is 0 Å². The van der Waals surface area contributed by atoms with E-state index in [-0.39, 0.29) is 0 Å². The van der Waals surface area contributed by atoms with Crippen LogP contribution in [0, 0.1) is 94.7 Å². The maximum absolute atomic E-state index is 3.27. The molecule has 0 saturated heterocycles. The Labute approximate surface area is 306 Å². The molecule has 0 aromatic heterocycles. The third-order valence-electron chi connectivity index (χ3n) is 7.76. The lowest BCUT2D eigenvalue weighted by Gasteiger charge is -1.97. The van der Waals surface area contributed by atoms with E-state index >= 15 is 0 Å². The van der Waals surface area contributed by atoms with Gasteiger partial charge in [-0.05, 0) is 121 Å². The smallest absolute Gasteiger partial charge is 0.0412 e.